The predicted molar refractivity (Wildman–Crippen MR) is 106 cm³/mol. The van der Waals surface area contributed by atoms with Crippen molar-refractivity contribution in [1.82, 2.24) is 19.7 Å². The molecule has 0 aliphatic heterocycles. The summed E-state index contributed by atoms with van der Waals surface area (Å²) in [6.45, 7) is 2.78. The Balaban J connectivity index is 1.46. The molecule has 0 unspecified atom stereocenters. The molecule has 4 nitrogen and oxygen atoms in total. The van der Waals surface area contributed by atoms with Crippen LogP contribution in [0.25, 0.3) is 0 Å². The zero-order chi connectivity index (χ0) is 17.6. The van der Waals surface area contributed by atoms with E-state index in [1.807, 2.05) is 29.8 Å². The molecule has 0 spiro atoms. The van der Waals surface area contributed by atoms with Gasteiger partial charge in [-0.1, -0.05) is 31.4 Å². The Morgan fingerprint density at radius 2 is 1.88 bits per heavy atom. The minimum absolute atomic E-state index is 0.599. The second-order valence-electron chi connectivity index (χ2n) is 7.21. The highest BCUT2D eigenvalue weighted by molar-refractivity contribution is 7.09. The number of nitrogens with zero attached hydrogens (tertiary/aromatic N) is 4. The summed E-state index contributed by atoms with van der Waals surface area (Å²) < 4.78 is 2.21. The standard InChI is InChI=1S/C21H26N4S/c1-2-7-20(8-3-1)25-16-19(13-23-25)15-24(17-21-9-5-11-26-21)14-18-6-4-10-22-12-18/h4-6,9-13,16,20H,1-3,7-8,14-15,17H2. The average Bonchev–Trinajstić information content (AvgIpc) is 3.35. The van der Waals surface area contributed by atoms with Gasteiger partial charge in [0.15, 0.2) is 0 Å². The SMILES string of the molecule is c1cncc(CN(Cc2cnn(C3CCCCC3)c2)Cc2cccs2)c1. The van der Waals surface area contributed by atoms with Crippen LogP contribution >= 0.6 is 11.3 Å². The predicted octanol–water partition coefficient (Wildman–Crippen LogP) is 5.05. The lowest BCUT2D eigenvalue weighted by molar-refractivity contribution is 0.249. The van der Waals surface area contributed by atoms with E-state index in [2.05, 4.69) is 55.6 Å². The van der Waals surface area contributed by atoms with Gasteiger partial charge in [0.1, 0.15) is 0 Å². The van der Waals surface area contributed by atoms with E-state index in [1.165, 1.54) is 48.1 Å². The van der Waals surface area contributed by atoms with Gasteiger partial charge in [-0.15, -0.1) is 11.3 Å². The van der Waals surface area contributed by atoms with Crippen LogP contribution in [0.15, 0.2) is 54.4 Å². The van der Waals surface area contributed by atoms with Crippen molar-refractivity contribution in [1.29, 1.82) is 0 Å². The van der Waals surface area contributed by atoms with Crippen molar-refractivity contribution in [3.8, 4) is 0 Å². The van der Waals surface area contributed by atoms with Crippen molar-refractivity contribution in [2.24, 2.45) is 0 Å². The zero-order valence-corrected chi connectivity index (χ0v) is 15.9. The Labute approximate surface area is 159 Å². The van der Waals surface area contributed by atoms with E-state index in [-0.39, 0.29) is 0 Å². The van der Waals surface area contributed by atoms with Gasteiger partial charge in [-0.3, -0.25) is 14.6 Å². The number of rotatable bonds is 7. The van der Waals surface area contributed by atoms with E-state index >= 15 is 0 Å². The zero-order valence-electron chi connectivity index (χ0n) is 15.1. The van der Waals surface area contributed by atoms with Crippen LogP contribution in [-0.4, -0.2) is 19.7 Å². The van der Waals surface area contributed by atoms with Crippen LogP contribution in [0.3, 0.4) is 0 Å². The fraction of sp³-hybridized carbons (Fsp3) is 0.429. The molecule has 0 N–H and O–H groups in total. The fourth-order valence-corrected chi connectivity index (χ4v) is 4.55. The molecule has 3 heterocycles. The maximum absolute atomic E-state index is 4.68. The second-order valence-corrected chi connectivity index (χ2v) is 8.24. The van der Waals surface area contributed by atoms with Gasteiger partial charge in [0, 0.05) is 48.7 Å². The number of pyridine rings is 1. The first-order chi connectivity index (χ1) is 12.9. The van der Waals surface area contributed by atoms with Crippen molar-refractivity contribution < 1.29 is 0 Å². The molecule has 136 valence electrons. The van der Waals surface area contributed by atoms with Gasteiger partial charge in [0.05, 0.1) is 12.2 Å². The summed E-state index contributed by atoms with van der Waals surface area (Å²) in [5.74, 6) is 0. The quantitative estimate of drug-likeness (QED) is 0.587. The van der Waals surface area contributed by atoms with Gasteiger partial charge in [0.25, 0.3) is 0 Å². The van der Waals surface area contributed by atoms with E-state index in [0.29, 0.717) is 6.04 Å². The van der Waals surface area contributed by atoms with Gasteiger partial charge >= 0.3 is 0 Å². The molecule has 1 saturated carbocycles. The molecular formula is C21H26N4S. The Morgan fingerprint density at radius 1 is 1.00 bits per heavy atom. The van der Waals surface area contributed by atoms with Crippen LogP contribution in [0.2, 0.25) is 0 Å². The highest BCUT2D eigenvalue weighted by Gasteiger charge is 2.17. The molecule has 1 fully saturated rings. The molecule has 1 aliphatic carbocycles. The summed E-state index contributed by atoms with van der Waals surface area (Å²) in [5.41, 5.74) is 2.56. The third-order valence-electron chi connectivity index (χ3n) is 5.10. The van der Waals surface area contributed by atoms with Gasteiger partial charge < -0.3 is 0 Å². The molecule has 0 aromatic carbocycles. The molecule has 5 heteroatoms. The maximum atomic E-state index is 4.68. The number of hydrogen-bond acceptors (Lipinski definition) is 4. The highest BCUT2D eigenvalue weighted by Crippen LogP contribution is 2.28. The van der Waals surface area contributed by atoms with Crippen molar-refractivity contribution in [2.45, 2.75) is 57.8 Å². The first kappa shape index (κ1) is 17.4. The summed E-state index contributed by atoms with van der Waals surface area (Å²) in [6.07, 6.45) is 14.7. The summed E-state index contributed by atoms with van der Waals surface area (Å²) >= 11 is 1.82. The molecule has 0 radical (unpaired) electrons. The molecule has 26 heavy (non-hydrogen) atoms. The molecule has 0 atom stereocenters. The van der Waals surface area contributed by atoms with Crippen molar-refractivity contribution in [3.05, 3.63) is 70.4 Å². The molecule has 1 aliphatic rings. The largest absolute Gasteiger partial charge is 0.290 e. The highest BCUT2D eigenvalue weighted by atomic mass is 32.1. The lowest BCUT2D eigenvalue weighted by atomic mass is 9.96. The van der Waals surface area contributed by atoms with Crippen molar-refractivity contribution in [3.63, 3.8) is 0 Å². The van der Waals surface area contributed by atoms with Crippen LogP contribution in [0.1, 0.15) is 54.1 Å². The third-order valence-corrected chi connectivity index (χ3v) is 5.96. The number of hydrogen-bond donors (Lipinski definition) is 0. The van der Waals surface area contributed by atoms with Gasteiger partial charge in [-0.05, 0) is 35.9 Å². The van der Waals surface area contributed by atoms with Crippen LogP contribution < -0.4 is 0 Å². The summed E-state index contributed by atoms with van der Waals surface area (Å²) in [6, 6.07) is 9.11. The Morgan fingerprint density at radius 3 is 2.65 bits per heavy atom. The van der Waals surface area contributed by atoms with Crippen LogP contribution in [-0.2, 0) is 19.6 Å². The monoisotopic (exact) mass is 366 g/mol. The smallest absolute Gasteiger partial charge is 0.0534 e. The lowest BCUT2D eigenvalue weighted by Gasteiger charge is -2.22. The molecule has 3 aromatic rings. The summed E-state index contributed by atoms with van der Waals surface area (Å²) in [7, 11) is 0. The number of aromatic nitrogens is 3. The van der Waals surface area contributed by atoms with Crippen LogP contribution in [0.4, 0.5) is 0 Å². The Bertz CT molecular complexity index is 775. The maximum Gasteiger partial charge on any atom is 0.0534 e. The minimum Gasteiger partial charge on any atom is -0.290 e. The first-order valence-corrected chi connectivity index (χ1v) is 10.4. The first-order valence-electron chi connectivity index (χ1n) is 9.53. The Kier molecular flexibility index (Phi) is 5.77. The van der Waals surface area contributed by atoms with E-state index in [0.717, 1.165) is 19.6 Å². The topological polar surface area (TPSA) is 34.0 Å². The van der Waals surface area contributed by atoms with E-state index in [1.54, 1.807) is 0 Å². The van der Waals surface area contributed by atoms with Crippen LogP contribution in [0, 0.1) is 0 Å². The number of thiophene rings is 1. The van der Waals surface area contributed by atoms with E-state index in [9.17, 15) is 0 Å². The van der Waals surface area contributed by atoms with Crippen molar-refractivity contribution in [2.75, 3.05) is 0 Å². The second kappa shape index (κ2) is 8.60. The Hall–Kier alpha value is -1.98. The molecular weight excluding hydrogens is 340 g/mol. The molecule has 3 aromatic heterocycles. The van der Waals surface area contributed by atoms with Gasteiger partial charge in [0.2, 0.25) is 0 Å². The molecule has 0 saturated heterocycles. The van der Waals surface area contributed by atoms with Gasteiger partial charge in [-0.25, -0.2) is 0 Å². The van der Waals surface area contributed by atoms with Crippen LogP contribution in [0.5, 0.6) is 0 Å². The fourth-order valence-electron chi connectivity index (χ4n) is 3.80. The molecule has 0 bridgehead atoms. The lowest BCUT2D eigenvalue weighted by Crippen LogP contribution is -2.22. The summed E-state index contributed by atoms with van der Waals surface area (Å²) in [4.78, 5) is 8.14. The van der Waals surface area contributed by atoms with Gasteiger partial charge in [-0.2, -0.15) is 5.10 Å². The van der Waals surface area contributed by atoms with E-state index in [4.69, 9.17) is 0 Å². The van der Waals surface area contributed by atoms with E-state index < -0.39 is 0 Å². The van der Waals surface area contributed by atoms with Crippen molar-refractivity contribution >= 4 is 11.3 Å². The average molecular weight is 367 g/mol. The summed E-state index contributed by atoms with van der Waals surface area (Å²) in [5, 5.41) is 6.83. The minimum atomic E-state index is 0.599. The molecule has 4 rings (SSSR count). The third kappa shape index (κ3) is 4.59. The molecule has 0 amide bonds. The normalized spacial score (nSPS) is 15.6.